The van der Waals surface area contributed by atoms with Crippen molar-refractivity contribution in [2.45, 2.75) is 12.6 Å². The summed E-state index contributed by atoms with van der Waals surface area (Å²) >= 11 is 0. The molecule has 1 heterocycles. The van der Waals surface area contributed by atoms with E-state index < -0.39 is 5.66 Å². The number of rotatable bonds is 1. The molecule has 0 radical (unpaired) electrons. The standard InChI is InChI=1S/C13H15N3O.C10H10N2.C6H7N/c1-13(7-17)15-10-4-2-3-8-9(14)5-6-11(16-13)12(8)10;11-9-5-6-10(12)8-4-2-1-3-7(8)9;7-6-4-2-1-3-5-6/h2-6,15-17H,7,14H2,1H3;1-6H,11-12H2;1-5H,7H2. The Hall–Kier alpha value is -4.62. The summed E-state index contributed by atoms with van der Waals surface area (Å²) in [5.41, 5.74) is 27.5. The quantitative estimate of drug-likeness (QED) is 0.162. The summed E-state index contributed by atoms with van der Waals surface area (Å²) in [5.74, 6) is 0. The van der Waals surface area contributed by atoms with Gasteiger partial charge in [-0.3, -0.25) is 0 Å². The number of nitrogen functional groups attached to an aromatic ring is 4. The van der Waals surface area contributed by atoms with Gasteiger partial charge in [0.1, 0.15) is 5.66 Å². The molecule has 0 aromatic heterocycles. The van der Waals surface area contributed by atoms with Crippen molar-refractivity contribution in [2.75, 3.05) is 40.2 Å². The van der Waals surface area contributed by atoms with Crippen LogP contribution >= 0.6 is 0 Å². The SMILES string of the molecule is CC1(CO)Nc2cccc3c(N)ccc(c23)N1.Nc1ccc(N)c2ccccc12.Nc1ccccc1. The van der Waals surface area contributed by atoms with Gasteiger partial charge in [-0.1, -0.05) is 54.6 Å². The third kappa shape index (κ3) is 5.21. The second-order valence-electron chi connectivity index (χ2n) is 8.87. The molecule has 184 valence electrons. The van der Waals surface area contributed by atoms with E-state index in [4.69, 9.17) is 22.9 Å². The lowest BCUT2D eigenvalue weighted by Crippen LogP contribution is -2.48. The average Bonchev–Trinajstić information content (AvgIpc) is 2.90. The summed E-state index contributed by atoms with van der Waals surface area (Å²) in [6, 6.07) is 30.8. The zero-order valence-electron chi connectivity index (χ0n) is 20.2. The summed E-state index contributed by atoms with van der Waals surface area (Å²) in [6.07, 6.45) is 0. The fraction of sp³-hybridized carbons (Fsp3) is 0.103. The topological polar surface area (TPSA) is 148 Å². The van der Waals surface area contributed by atoms with Crippen LogP contribution in [0, 0.1) is 0 Å². The molecule has 0 saturated heterocycles. The lowest BCUT2D eigenvalue weighted by Gasteiger charge is -2.37. The fourth-order valence-corrected chi connectivity index (χ4v) is 4.14. The van der Waals surface area contributed by atoms with Crippen LogP contribution < -0.4 is 33.6 Å². The summed E-state index contributed by atoms with van der Waals surface area (Å²) in [6.45, 7) is 1.93. The van der Waals surface area contributed by atoms with E-state index >= 15 is 0 Å². The van der Waals surface area contributed by atoms with Crippen LogP contribution in [0.1, 0.15) is 6.92 Å². The largest absolute Gasteiger partial charge is 0.399 e. The molecule has 7 nitrogen and oxygen atoms in total. The van der Waals surface area contributed by atoms with E-state index in [1.165, 1.54) is 0 Å². The molecule has 0 amide bonds. The number of fused-ring (bicyclic) bond motifs is 1. The van der Waals surface area contributed by atoms with E-state index in [0.717, 1.165) is 55.7 Å². The molecular formula is C29H32N6O. The molecule has 0 spiro atoms. The molecule has 5 aromatic carbocycles. The highest BCUT2D eigenvalue weighted by molar-refractivity contribution is 6.09. The molecule has 11 N–H and O–H groups in total. The van der Waals surface area contributed by atoms with Crippen LogP contribution in [0.4, 0.5) is 34.1 Å². The number of aliphatic hydroxyl groups is 1. The average molecular weight is 481 g/mol. The first-order chi connectivity index (χ1) is 17.3. The van der Waals surface area contributed by atoms with Gasteiger partial charge in [0.05, 0.1) is 6.61 Å². The van der Waals surface area contributed by atoms with Crippen LogP contribution in [0.2, 0.25) is 0 Å². The minimum absolute atomic E-state index is 0.00715. The van der Waals surface area contributed by atoms with Gasteiger partial charge in [-0.15, -0.1) is 0 Å². The molecule has 0 aliphatic carbocycles. The minimum atomic E-state index is -0.530. The van der Waals surface area contributed by atoms with Crippen molar-refractivity contribution in [1.29, 1.82) is 0 Å². The van der Waals surface area contributed by atoms with E-state index in [1.807, 2.05) is 104 Å². The van der Waals surface area contributed by atoms with Crippen molar-refractivity contribution >= 4 is 55.7 Å². The second-order valence-corrected chi connectivity index (χ2v) is 8.87. The van der Waals surface area contributed by atoms with E-state index in [0.29, 0.717) is 0 Å². The highest BCUT2D eigenvalue weighted by Crippen LogP contribution is 2.39. The number of anilines is 6. The number of benzene rings is 5. The van der Waals surface area contributed by atoms with E-state index in [9.17, 15) is 5.11 Å². The van der Waals surface area contributed by atoms with Crippen LogP contribution in [0.25, 0.3) is 21.5 Å². The first-order valence-corrected chi connectivity index (χ1v) is 11.6. The van der Waals surface area contributed by atoms with Gasteiger partial charge in [0.15, 0.2) is 0 Å². The van der Waals surface area contributed by atoms with Crippen molar-refractivity contribution in [3.05, 3.63) is 97.1 Å². The molecule has 36 heavy (non-hydrogen) atoms. The highest BCUT2D eigenvalue weighted by Gasteiger charge is 2.29. The summed E-state index contributed by atoms with van der Waals surface area (Å²) in [5, 5.41) is 20.2. The van der Waals surface area contributed by atoms with Gasteiger partial charge in [-0.2, -0.15) is 0 Å². The Labute approximate surface area is 210 Å². The lowest BCUT2D eigenvalue weighted by atomic mass is 9.99. The third-order valence-corrected chi connectivity index (χ3v) is 6.00. The van der Waals surface area contributed by atoms with Crippen molar-refractivity contribution < 1.29 is 5.11 Å². The first-order valence-electron chi connectivity index (χ1n) is 11.6. The molecule has 0 bridgehead atoms. The van der Waals surface area contributed by atoms with Crippen LogP contribution in [0.15, 0.2) is 97.1 Å². The minimum Gasteiger partial charge on any atom is -0.399 e. The molecule has 5 aromatic rings. The Kier molecular flexibility index (Phi) is 7.03. The molecule has 7 heteroatoms. The zero-order valence-corrected chi connectivity index (χ0v) is 20.2. The van der Waals surface area contributed by atoms with E-state index in [-0.39, 0.29) is 6.61 Å². The van der Waals surface area contributed by atoms with Crippen molar-refractivity contribution in [3.63, 3.8) is 0 Å². The van der Waals surface area contributed by atoms with Crippen molar-refractivity contribution in [2.24, 2.45) is 0 Å². The van der Waals surface area contributed by atoms with Gasteiger partial charge in [0, 0.05) is 55.7 Å². The van der Waals surface area contributed by atoms with Gasteiger partial charge >= 0.3 is 0 Å². The Morgan fingerprint density at radius 1 is 0.583 bits per heavy atom. The Balaban J connectivity index is 0.000000139. The highest BCUT2D eigenvalue weighted by atomic mass is 16.3. The third-order valence-electron chi connectivity index (χ3n) is 6.00. The summed E-state index contributed by atoms with van der Waals surface area (Å²) in [4.78, 5) is 0. The number of hydrogen-bond donors (Lipinski definition) is 7. The van der Waals surface area contributed by atoms with Crippen LogP contribution in [0.5, 0.6) is 0 Å². The van der Waals surface area contributed by atoms with Crippen LogP contribution in [0.3, 0.4) is 0 Å². The Bertz CT molecular complexity index is 1430. The maximum Gasteiger partial charge on any atom is 0.129 e. The predicted octanol–water partition coefficient (Wildman–Crippen LogP) is 5.24. The smallest absolute Gasteiger partial charge is 0.129 e. The normalized spacial score (nSPS) is 15.5. The molecule has 1 aliphatic heterocycles. The maximum absolute atomic E-state index is 9.44. The molecule has 6 rings (SSSR count). The van der Waals surface area contributed by atoms with Gasteiger partial charge in [-0.05, 0) is 49.4 Å². The number of nitrogens with one attached hydrogen (secondary N) is 2. The zero-order chi connectivity index (χ0) is 25.7. The fourth-order valence-electron chi connectivity index (χ4n) is 4.14. The van der Waals surface area contributed by atoms with Crippen molar-refractivity contribution in [3.8, 4) is 0 Å². The predicted molar refractivity (Wildman–Crippen MR) is 155 cm³/mol. The maximum atomic E-state index is 9.44. The van der Waals surface area contributed by atoms with E-state index in [1.54, 1.807) is 0 Å². The lowest BCUT2D eigenvalue weighted by molar-refractivity contribution is 0.238. The van der Waals surface area contributed by atoms with Crippen LogP contribution in [-0.2, 0) is 0 Å². The number of hydrogen-bond acceptors (Lipinski definition) is 7. The number of nitrogens with two attached hydrogens (primary N) is 4. The molecule has 0 fully saturated rings. The monoisotopic (exact) mass is 480 g/mol. The van der Waals surface area contributed by atoms with Gasteiger partial charge in [0.2, 0.25) is 0 Å². The Morgan fingerprint density at radius 2 is 1.06 bits per heavy atom. The van der Waals surface area contributed by atoms with Gasteiger partial charge in [0.25, 0.3) is 0 Å². The Morgan fingerprint density at radius 3 is 1.58 bits per heavy atom. The second kappa shape index (κ2) is 10.3. The number of para-hydroxylation sites is 1. The molecule has 1 unspecified atom stereocenters. The molecule has 0 saturated carbocycles. The van der Waals surface area contributed by atoms with Crippen molar-refractivity contribution in [1.82, 2.24) is 0 Å². The number of aliphatic hydroxyl groups excluding tert-OH is 1. The molecule has 1 atom stereocenters. The molecule has 1 aliphatic rings. The van der Waals surface area contributed by atoms with Gasteiger partial charge < -0.3 is 38.7 Å². The molecular weight excluding hydrogens is 448 g/mol. The first kappa shape index (κ1) is 24.5. The van der Waals surface area contributed by atoms with E-state index in [2.05, 4.69) is 10.6 Å². The van der Waals surface area contributed by atoms with Crippen LogP contribution in [-0.4, -0.2) is 17.4 Å². The summed E-state index contributed by atoms with van der Waals surface area (Å²) in [7, 11) is 0. The van der Waals surface area contributed by atoms with Gasteiger partial charge in [-0.25, -0.2) is 0 Å². The summed E-state index contributed by atoms with van der Waals surface area (Å²) < 4.78 is 0.